The Bertz CT molecular complexity index is 958. The maximum absolute atomic E-state index is 13.4. The van der Waals surface area contributed by atoms with Gasteiger partial charge in [-0.15, -0.1) is 0 Å². The van der Waals surface area contributed by atoms with Gasteiger partial charge in [-0.05, 0) is 43.0 Å². The lowest BCUT2D eigenvalue weighted by Crippen LogP contribution is -2.11. The van der Waals surface area contributed by atoms with Gasteiger partial charge in [0.1, 0.15) is 17.5 Å². The molecule has 1 saturated heterocycles. The van der Waals surface area contributed by atoms with Crippen LogP contribution in [0, 0.1) is 5.82 Å². The summed E-state index contributed by atoms with van der Waals surface area (Å²) in [4.78, 5) is 9.04. The minimum absolute atomic E-state index is 0.0436. The third kappa shape index (κ3) is 4.57. The van der Waals surface area contributed by atoms with Crippen LogP contribution in [0.5, 0.6) is 0 Å². The van der Waals surface area contributed by atoms with Crippen molar-refractivity contribution in [1.82, 2.24) is 4.98 Å². The Kier molecular flexibility index (Phi) is 6.06. The molecule has 0 aliphatic carbocycles. The average molecular weight is 417 g/mol. The molecule has 0 spiro atoms. The number of benzene rings is 1. The SMILES string of the molecule is O/N=C(\Cc1ccc(F)c(Cl)c1)c1ccnc2c1CC(=NCCC1CCCO1)N2. The highest BCUT2D eigenvalue weighted by molar-refractivity contribution is 6.30. The first kappa shape index (κ1) is 19.8. The number of rotatable bonds is 6. The van der Waals surface area contributed by atoms with Gasteiger partial charge in [0.2, 0.25) is 0 Å². The van der Waals surface area contributed by atoms with Gasteiger partial charge in [0, 0.05) is 43.3 Å². The van der Waals surface area contributed by atoms with Crippen molar-refractivity contribution in [3.8, 4) is 0 Å². The van der Waals surface area contributed by atoms with Gasteiger partial charge in [-0.25, -0.2) is 9.37 Å². The molecule has 0 amide bonds. The number of ether oxygens (including phenoxy) is 1. The summed E-state index contributed by atoms with van der Waals surface area (Å²) < 4.78 is 19.1. The normalized spacial score (nSPS) is 20.1. The summed E-state index contributed by atoms with van der Waals surface area (Å²) in [5.41, 5.74) is 2.94. The van der Waals surface area contributed by atoms with Gasteiger partial charge in [0.05, 0.1) is 16.8 Å². The predicted octanol–water partition coefficient (Wildman–Crippen LogP) is 4.23. The van der Waals surface area contributed by atoms with Crippen molar-refractivity contribution in [1.29, 1.82) is 0 Å². The van der Waals surface area contributed by atoms with Gasteiger partial charge < -0.3 is 15.3 Å². The molecule has 1 fully saturated rings. The van der Waals surface area contributed by atoms with E-state index in [1.54, 1.807) is 18.3 Å². The molecule has 152 valence electrons. The van der Waals surface area contributed by atoms with Crippen LogP contribution in [0.1, 0.15) is 36.0 Å². The van der Waals surface area contributed by atoms with Crippen LogP contribution in [-0.2, 0) is 17.6 Å². The van der Waals surface area contributed by atoms with Gasteiger partial charge in [-0.3, -0.25) is 4.99 Å². The fraction of sp³-hybridized carbons (Fsp3) is 0.381. The second-order valence-corrected chi connectivity index (χ2v) is 7.62. The highest BCUT2D eigenvalue weighted by Gasteiger charge is 2.24. The summed E-state index contributed by atoms with van der Waals surface area (Å²) >= 11 is 5.87. The second-order valence-electron chi connectivity index (χ2n) is 7.21. The third-order valence-electron chi connectivity index (χ3n) is 5.23. The molecule has 8 heteroatoms. The minimum Gasteiger partial charge on any atom is -0.411 e. The number of anilines is 1. The van der Waals surface area contributed by atoms with E-state index < -0.39 is 5.82 Å². The molecule has 4 rings (SSSR count). The maximum Gasteiger partial charge on any atom is 0.141 e. The highest BCUT2D eigenvalue weighted by Crippen LogP contribution is 2.27. The molecular formula is C21H22ClFN4O2. The standard InChI is InChI=1S/C21H22ClFN4O2/c22-17-10-13(3-4-18(17)23)11-19(27-28)15-6-8-25-21-16(15)12-20(26-21)24-7-5-14-2-1-9-29-14/h3-4,6,8,10,14,28H,1-2,5,7,9,11-12H2,(H,24,25,26)/b27-19+. The number of halogens is 2. The first-order chi connectivity index (χ1) is 14.1. The fourth-order valence-electron chi connectivity index (χ4n) is 3.74. The van der Waals surface area contributed by atoms with E-state index in [0.717, 1.165) is 54.2 Å². The number of fused-ring (bicyclic) bond motifs is 1. The molecule has 0 radical (unpaired) electrons. The van der Waals surface area contributed by atoms with E-state index in [4.69, 9.17) is 16.3 Å². The van der Waals surface area contributed by atoms with Crippen molar-refractivity contribution in [2.24, 2.45) is 10.1 Å². The maximum atomic E-state index is 13.4. The summed E-state index contributed by atoms with van der Waals surface area (Å²) in [6, 6.07) is 6.30. The molecule has 1 atom stereocenters. The number of hydrogen-bond acceptors (Lipinski definition) is 5. The number of nitrogens with one attached hydrogen (secondary N) is 1. The first-order valence-corrected chi connectivity index (χ1v) is 10.1. The summed E-state index contributed by atoms with van der Waals surface area (Å²) in [6.45, 7) is 1.55. The Hall–Kier alpha value is -2.51. The van der Waals surface area contributed by atoms with Gasteiger partial charge in [0.15, 0.2) is 0 Å². The van der Waals surface area contributed by atoms with Gasteiger partial charge in [-0.2, -0.15) is 0 Å². The smallest absolute Gasteiger partial charge is 0.141 e. The largest absolute Gasteiger partial charge is 0.411 e. The van der Waals surface area contributed by atoms with Crippen LogP contribution < -0.4 is 5.32 Å². The van der Waals surface area contributed by atoms with Crippen LogP contribution in [-0.4, -0.2) is 41.0 Å². The van der Waals surface area contributed by atoms with E-state index in [-0.39, 0.29) is 5.02 Å². The number of oxime groups is 1. The molecule has 1 aromatic heterocycles. The molecular weight excluding hydrogens is 395 g/mol. The summed E-state index contributed by atoms with van der Waals surface area (Å²) in [7, 11) is 0. The Morgan fingerprint density at radius 2 is 2.28 bits per heavy atom. The van der Waals surface area contributed by atoms with Crippen molar-refractivity contribution in [3.63, 3.8) is 0 Å². The van der Waals surface area contributed by atoms with Crippen molar-refractivity contribution >= 4 is 29.0 Å². The second kappa shape index (κ2) is 8.88. The quantitative estimate of drug-likeness (QED) is 0.419. The molecule has 2 N–H and O–H groups in total. The molecule has 3 heterocycles. The number of aliphatic imine (C=N–C) groups is 1. The van der Waals surface area contributed by atoms with E-state index >= 15 is 0 Å². The molecule has 1 aromatic carbocycles. The number of aromatic nitrogens is 1. The lowest BCUT2D eigenvalue weighted by Gasteiger charge is -2.09. The first-order valence-electron chi connectivity index (χ1n) is 9.69. The van der Waals surface area contributed by atoms with Crippen LogP contribution in [0.4, 0.5) is 10.2 Å². The number of hydrogen-bond donors (Lipinski definition) is 2. The average Bonchev–Trinajstić information content (AvgIpc) is 3.38. The Morgan fingerprint density at radius 1 is 1.38 bits per heavy atom. The molecule has 6 nitrogen and oxygen atoms in total. The van der Waals surface area contributed by atoms with E-state index in [9.17, 15) is 9.60 Å². The van der Waals surface area contributed by atoms with Crippen LogP contribution in [0.25, 0.3) is 0 Å². The molecule has 2 aliphatic heterocycles. The van der Waals surface area contributed by atoms with Gasteiger partial charge in [-0.1, -0.05) is 22.8 Å². The third-order valence-corrected chi connectivity index (χ3v) is 5.52. The van der Waals surface area contributed by atoms with Crippen molar-refractivity contribution in [2.45, 2.75) is 38.2 Å². The highest BCUT2D eigenvalue weighted by atomic mass is 35.5. The Balaban J connectivity index is 1.48. The van der Waals surface area contributed by atoms with Crippen LogP contribution in [0.2, 0.25) is 5.02 Å². The minimum atomic E-state index is -0.476. The van der Waals surface area contributed by atoms with Gasteiger partial charge in [0.25, 0.3) is 0 Å². The monoisotopic (exact) mass is 416 g/mol. The van der Waals surface area contributed by atoms with E-state index in [2.05, 4.69) is 20.4 Å². The molecule has 0 bridgehead atoms. The lowest BCUT2D eigenvalue weighted by atomic mass is 9.98. The summed E-state index contributed by atoms with van der Waals surface area (Å²) in [6.07, 6.45) is 6.03. The number of nitrogens with zero attached hydrogens (tertiary/aromatic N) is 3. The number of pyridine rings is 1. The Labute approximate surface area is 173 Å². The van der Waals surface area contributed by atoms with Crippen molar-refractivity contribution in [2.75, 3.05) is 18.5 Å². The molecule has 1 unspecified atom stereocenters. The van der Waals surface area contributed by atoms with Crippen molar-refractivity contribution < 1.29 is 14.3 Å². The topological polar surface area (TPSA) is 79.1 Å². The van der Waals surface area contributed by atoms with E-state index in [1.807, 2.05) is 6.07 Å². The van der Waals surface area contributed by atoms with Gasteiger partial charge >= 0.3 is 0 Å². The zero-order valence-corrected chi connectivity index (χ0v) is 16.6. The number of amidine groups is 1. The van der Waals surface area contributed by atoms with Crippen LogP contribution in [0.3, 0.4) is 0 Å². The van der Waals surface area contributed by atoms with E-state index in [1.165, 1.54) is 6.07 Å². The van der Waals surface area contributed by atoms with Crippen LogP contribution >= 0.6 is 11.6 Å². The zero-order chi connectivity index (χ0) is 20.2. The Morgan fingerprint density at radius 3 is 3.03 bits per heavy atom. The van der Waals surface area contributed by atoms with Crippen molar-refractivity contribution in [3.05, 3.63) is 58.0 Å². The molecule has 2 aliphatic rings. The molecule has 29 heavy (non-hydrogen) atoms. The van der Waals surface area contributed by atoms with E-state index in [0.29, 0.717) is 31.2 Å². The lowest BCUT2D eigenvalue weighted by molar-refractivity contribution is 0.106. The fourth-order valence-corrected chi connectivity index (χ4v) is 3.94. The summed E-state index contributed by atoms with van der Waals surface area (Å²) in [5, 5.41) is 16.4. The van der Waals surface area contributed by atoms with Crippen LogP contribution in [0.15, 0.2) is 40.6 Å². The zero-order valence-electron chi connectivity index (χ0n) is 15.9. The predicted molar refractivity (Wildman–Crippen MR) is 111 cm³/mol. The summed E-state index contributed by atoms with van der Waals surface area (Å²) in [5.74, 6) is 1.09. The molecule has 2 aromatic rings. The molecule has 0 saturated carbocycles.